The molecule has 27 heavy (non-hydrogen) atoms. The van der Waals surface area contributed by atoms with Crippen LogP contribution in [0.1, 0.15) is 16.7 Å². The Morgan fingerprint density at radius 1 is 1.11 bits per heavy atom. The van der Waals surface area contributed by atoms with Gasteiger partial charge in [-0.15, -0.1) is 0 Å². The van der Waals surface area contributed by atoms with E-state index in [2.05, 4.69) is 52.9 Å². The molecule has 3 rings (SSSR count). The summed E-state index contributed by atoms with van der Waals surface area (Å²) in [6.07, 6.45) is 3.46. The lowest BCUT2D eigenvalue weighted by Gasteiger charge is -2.36. The zero-order chi connectivity index (χ0) is 19.4. The smallest absolute Gasteiger partial charge is 0.246 e. The number of hydrogen-bond acceptors (Lipinski definition) is 3. The van der Waals surface area contributed by atoms with Gasteiger partial charge in [0.25, 0.3) is 0 Å². The Bertz CT molecular complexity index is 855. The van der Waals surface area contributed by atoms with Crippen LogP contribution < -0.4 is 9.64 Å². The molecule has 0 atom stereocenters. The minimum atomic E-state index is 0.0395. The van der Waals surface area contributed by atoms with Gasteiger partial charge >= 0.3 is 0 Å². The second-order valence-corrected chi connectivity index (χ2v) is 7.67. The van der Waals surface area contributed by atoms with Crippen molar-refractivity contribution in [3.8, 4) is 5.75 Å². The number of carbonyl (C=O) groups is 1. The van der Waals surface area contributed by atoms with Crippen molar-refractivity contribution in [3.05, 3.63) is 63.6 Å². The fourth-order valence-electron chi connectivity index (χ4n) is 3.35. The van der Waals surface area contributed by atoms with E-state index in [1.54, 1.807) is 13.2 Å². The Balaban J connectivity index is 1.63. The molecular weight excluding hydrogens is 404 g/mol. The number of rotatable bonds is 4. The van der Waals surface area contributed by atoms with Gasteiger partial charge in [0.15, 0.2) is 0 Å². The second-order valence-electron chi connectivity index (χ2n) is 6.75. The molecule has 1 aliphatic heterocycles. The number of aryl methyl sites for hydroxylation is 1. The summed E-state index contributed by atoms with van der Waals surface area (Å²) in [4.78, 5) is 16.9. The Kier molecular flexibility index (Phi) is 6.22. The lowest BCUT2D eigenvalue weighted by molar-refractivity contribution is -0.126. The number of methoxy groups -OCH3 is 1. The minimum Gasteiger partial charge on any atom is -0.496 e. The van der Waals surface area contributed by atoms with Gasteiger partial charge in [-0.25, -0.2) is 0 Å². The summed E-state index contributed by atoms with van der Waals surface area (Å²) >= 11 is 3.46. The molecular formula is C22H25BrN2O2. The number of anilines is 1. The van der Waals surface area contributed by atoms with Crippen LogP contribution in [-0.2, 0) is 4.79 Å². The van der Waals surface area contributed by atoms with Crippen LogP contribution in [0.5, 0.6) is 5.75 Å². The van der Waals surface area contributed by atoms with Gasteiger partial charge in [-0.2, -0.15) is 0 Å². The van der Waals surface area contributed by atoms with Gasteiger partial charge in [0, 0.05) is 48.0 Å². The standard InChI is InChI=1S/C22H25BrN2O2/c1-16-5-4-6-20(17(16)2)24-11-13-25(14-12-24)22(26)10-7-18-15-19(23)8-9-21(18)27-3/h4-10,15H,11-14H2,1-3H3/b10-7+. The van der Waals surface area contributed by atoms with E-state index < -0.39 is 0 Å². The van der Waals surface area contributed by atoms with Crippen LogP contribution in [0.3, 0.4) is 0 Å². The zero-order valence-corrected chi connectivity index (χ0v) is 17.6. The summed E-state index contributed by atoms with van der Waals surface area (Å²) in [6, 6.07) is 12.2. The van der Waals surface area contributed by atoms with Gasteiger partial charge < -0.3 is 14.5 Å². The summed E-state index contributed by atoms with van der Waals surface area (Å²) in [5.41, 5.74) is 4.78. The van der Waals surface area contributed by atoms with E-state index in [-0.39, 0.29) is 5.91 Å². The molecule has 0 N–H and O–H groups in total. The van der Waals surface area contributed by atoms with E-state index in [4.69, 9.17) is 4.74 Å². The van der Waals surface area contributed by atoms with Crippen molar-refractivity contribution in [2.75, 3.05) is 38.2 Å². The molecule has 1 fully saturated rings. The van der Waals surface area contributed by atoms with Crippen LogP contribution >= 0.6 is 15.9 Å². The minimum absolute atomic E-state index is 0.0395. The van der Waals surface area contributed by atoms with Crippen LogP contribution in [0.2, 0.25) is 0 Å². The SMILES string of the molecule is COc1ccc(Br)cc1/C=C/C(=O)N1CCN(c2cccc(C)c2C)CC1. The topological polar surface area (TPSA) is 32.8 Å². The molecule has 1 aliphatic rings. The number of piperazine rings is 1. The van der Waals surface area contributed by atoms with Crippen LogP contribution in [0, 0.1) is 13.8 Å². The average Bonchev–Trinajstić information content (AvgIpc) is 2.68. The zero-order valence-electron chi connectivity index (χ0n) is 16.0. The van der Waals surface area contributed by atoms with Gasteiger partial charge in [-0.1, -0.05) is 28.1 Å². The summed E-state index contributed by atoms with van der Waals surface area (Å²) in [5, 5.41) is 0. The molecule has 0 spiro atoms. The Morgan fingerprint density at radius 3 is 2.56 bits per heavy atom. The lowest BCUT2D eigenvalue weighted by atomic mass is 10.1. The molecule has 0 bridgehead atoms. The molecule has 5 heteroatoms. The molecule has 2 aromatic carbocycles. The highest BCUT2D eigenvalue weighted by atomic mass is 79.9. The number of hydrogen-bond donors (Lipinski definition) is 0. The van der Waals surface area contributed by atoms with Crippen LogP contribution in [0.25, 0.3) is 6.08 Å². The first-order valence-corrected chi connectivity index (χ1v) is 9.90. The molecule has 0 saturated carbocycles. The summed E-state index contributed by atoms with van der Waals surface area (Å²) < 4.78 is 6.31. The number of amides is 1. The van der Waals surface area contributed by atoms with E-state index in [1.807, 2.05) is 29.2 Å². The second kappa shape index (κ2) is 8.61. The number of ether oxygens (including phenoxy) is 1. The third-order valence-corrected chi connectivity index (χ3v) is 5.60. The predicted molar refractivity (Wildman–Crippen MR) is 114 cm³/mol. The maximum Gasteiger partial charge on any atom is 0.246 e. The predicted octanol–water partition coefficient (Wildman–Crippen LogP) is 4.44. The quantitative estimate of drug-likeness (QED) is 0.674. The van der Waals surface area contributed by atoms with Gasteiger partial charge in [-0.3, -0.25) is 4.79 Å². The number of benzene rings is 2. The highest BCUT2D eigenvalue weighted by Crippen LogP contribution is 2.25. The van der Waals surface area contributed by atoms with Crippen molar-refractivity contribution >= 4 is 33.6 Å². The van der Waals surface area contributed by atoms with Crippen molar-refractivity contribution in [2.24, 2.45) is 0 Å². The van der Waals surface area contributed by atoms with E-state index in [1.165, 1.54) is 16.8 Å². The van der Waals surface area contributed by atoms with Crippen molar-refractivity contribution < 1.29 is 9.53 Å². The lowest BCUT2D eigenvalue weighted by Crippen LogP contribution is -2.48. The van der Waals surface area contributed by atoms with Crippen molar-refractivity contribution in [2.45, 2.75) is 13.8 Å². The van der Waals surface area contributed by atoms with E-state index in [9.17, 15) is 4.79 Å². The van der Waals surface area contributed by atoms with E-state index in [0.717, 1.165) is 42.0 Å². The van der Waals surface area contributed by atoms with Crippen molar-refractivity contribution in [1.29, 1.82) is 0 Å². The van der Waals surface area contributed by atoms with Crippen molar-refractivity contribution in [3.63, 3.8) is 0 Å². The third kappa shape index (κ3) is 4.53. The number of nitrogens with zero attached hydrogens (tertiary/aromatic N) is 2. The molecule has 0 radical (unpaired) electrons. The normalized spacial score (nSPS) is 14.7. The first-order chi connectivity index (χ1) is 13.0. The maximum atomic E-state index is 12.6. The Hall–Kier alpha value is -2.27. The monoisotopic (exact) mass is 428 g/mol. The highest BCUT2D eigenvalue weighted by molar-refractivity contribution is 9.10. The van der Waals surface area contributed by atoms with E-state index in [0.29, 0.717) is 0 Å². The van der Waals surface area contributed by atoms with Crippen LogP contribution in [-0.4, -0.2) is 44.1 Å². The Labute approximate surface area is 169 Å². The summed E-state index contributed by atoms with van der Waals surface area (Å²) in [6.45, 7) is 7.46. The van der Waals surface area contributed by atoms with Gasteiger partial charge in [0.2, 0.25) is 5.91 Å². The molecule has 1 saturated heterocycles. The molecule has 0 aromatic heterocycles. The first-order valence-electron chi connectivity index (χ1n) is 9.11. The Morgan fingerprint density at radius 2 is 1.85 bits per heavy atom. The summed E-state index contributed by atoms with van der Waals surface area (Å²) in [7, 11) is 1.63. The number of carbonyl (C=O) groups excluding carboxylic acids is 1. The molecule has 0 unspecified atom stereocenters. The fraction of sp³-hybridized carbons (Fsp3) is 0.318. The molecule has 1 heterocycles. The molecule has 0 aliphatic carbocycles. The van der Waals surface area contributed by atoms with Gasteiger partial charge in [-0.05, 0) is 55.3 Å². The van der Waals surface area contributed by atoms with E-state index >= 15 is 0 Å². The largest absolute Gasteiger partial charge is 0.496 e. The van der Waals surface area contributed by atoms with Crippen LogP contribution in [0.4, 0.5) is 5.69 Å². The average molecular weight is 429 g/mol. The van der Waals surface area contributed by atoms with Crippen molar-refractivity contribution in [1.82, 2.24) is 4.90 Å². The molecule has 142 valence electrons. The van der Waals surface area contributed by atoms with Crippen LogP contribution in [0.15, 0.2) is 46.9 Å². The maximum absolute atomic E-state index is 12.6. The number of halogens is 1. The molecule has 2 aromatic rings. The first kappa shape index (κ1) is 19.5. The summed E-state index contributed by atoms with van der Waals surface area (Å²) in [5.74, 6) is 0.791. The highest BCUT2D eigenvalue weighted by Gasteiger charge is 2.21. The fourth-order valence-corrected chi connectivity index (χ4v) is 3.73. The van der Waals surface area contributed by atoms with Gasteiger partial charge in [0.1, 0.15) is 5.75 Å². The third-order valence-electron chi connectivity index (χ3n) is 5.11. The van der Waals surface area contributed by atoms with Gasteiger partial charge in [0.05, 0.1) is 7.11 Å². The molecule has 1 amide bonds. The molecule has 4 nitrogen and oxygen atoms in total.